The molecule has 7 nitrogen and oxygen atoms in total. The van der Waals surface area contributed by atoms with Crippen molar-refractivity contribution in [3.05, 3.63) is 18.5 Å². The Labute approximate surface area is 173 Å². The van der Waals surface area contributed by atoms with Crippen molar-refractivity contribution in [1.29, 1.82) is 0 Å². The van der Waals surface area contributed by atoms with Gasteiger partial charge in [-0.25, -0.2) is 9.97 Å². The van der Waals surface area contributed by atoms with Gasteiger partial charge in [-0.2, -0.15) is 11.8 Å². The number of nitrogens with one attached hydrogen (secondary N) is 2. The van der Waals surface area contributed by atoms with Crippen LogP contribution in [0.2, 0.25) is 0 Å². The lowest BCUT2D eigenvalue weighted by Gasteiger charge is -2.34. The Bertz CT molecular complexity index is 596. The van der Waals surface area contributed by atoms with E-state index >= 15 is 0 Å². The van der Waals surface area contributed by atoms with Crippen molar-refractivity contribution in [2.24, 2.45) is 4.99 Å². The van der Waals surface area contributed by atoms with E-state index < -0.39 is 0 Å². The van der Waals surface area contributed by atoms with Gasteiger partial charge in [0.1, 0.15) is 0 Å². The molecule has 0 aliphatic carbocycles. The Balaban J connectivity index is 1.34. The number of rotatable bonds is 8. The van der Waals surface area contributed by atoms with Gasteiger partial charge < -0.3 is 15.5 Å². The van der Waals surface area contributed by atoms with E-state index in [4.69, 9.17) is 4.99 Å². The number of hydrogen-bond acceptors (Lipinski definition) is 6. The van der Waals surface area contributed by atoms with Gasteiger partial charge in [-0.05, 0) is 51.5 Å². The fraction of sp³-hybridized carbons (Fsp3) is 0.750. The van der Waals surface area contributed by atoms with Gasteiger partial charge in [-0.15, -0.1) is 0 Å². The number of aromatic nitrogens is 2. The predicted molar refractivity (Wildman–Crippen MR) is 119 cm³/mol. The van der Waals surface area contributed by atoms with Crippen LogP contribution in [-0.4, -0.2) is 83.7 Å². The number of anilines is 1. The highest BCUT2D eigenvalue weighted by molar-refractivity contribution is 8.00. The van der Waals surface area contributed by atoms with Gasteiger partial charge in [-0.3, -0.25) is 9.89 Å². The van der Waals surface area contributed by atoms with E-state index in [-0.39, 0.29) is 0 Å². The molecule has 0 spiro atoms. The van der Waals surface area contributed by atoms with E-state index in [2.05, 4.69) is 56.0 Å². The molecule has 1 aromatic heterocycles. The second-order valence-electron chi connectivity index (χ2n) is 7.75. The summed E-state index contributed by atoms with van der Waals surface area (Å²) in [6.45, 7) is 12.5. The highest BCUT2D eigenvalue weighted by Crippen LogP contribution is 2.37. The number of aliphatic imine (C=N–C) groups is 1. The summed E-state index contributed by atoms with van der Waals surface area (Å²) >= 11 is 2.07. The maximum atomic E-state index is 4.83. The average molecular weight is 406 g/mol. The van der Waals surface area contributed by atoms with Gasteiger partial charge in [-0.1, -0.05) is 0 Å². The van der Waals surface area contributed by atoms with Crippen molar-refractivity contribution < 1.29 is 0 Å². The fourth-order valence-corrected chi connectivity index (χ4v) is 4.91. The molecule has 3 heterocycles. The Morgan fingerprint density at radius 1 is 1.21 bits per heavy atom. The van der Waals surface area contributed by atoms with Crippen LogP contribution in [0.1, 0.15) is 33.1 Å². The molecule has 2 fully saturated rings. The molecular formula is C20H35N7S. The zero-order chi connectivity index (χ0) is 19.7. The molecule has 28 heavy (non-hydrogen) atoms. The van der Waals surface area contributed by atoms with Crippen molar-refractivity contribution in [3.8, 4) is 0 Å². The average Bonchev–Trinajstić information content (AvgIpc) is 3.17. The number of piperazine rings is 1. The van der Waals surface area contributed by atoms with Crippen LogP contribution in [0.15, 0.2) is 23.5 Å². The predicted octanol–water partition coefficient (Wildman–Crippen LogP) is 1.83. The number of guanidine groups is 1. The summed E-state index contributed by atoms with van der Waals surface area (Å²) in [7, 11) is 0. The van der Waals surface area contributed by atoms with Crippen LogP contribution in [0.25, 0.3) is 0 Å². The summed E-state index contributed by atoms with van der Waals surface area (Å²) < 4.78 is 0.324. The number of thioether (sulfide) groups is 1. The third-order valence-electron chi connectivity index (χ3n) is 5.37. The van der Waals surface area contributed by atoms with E-state index in [9.17, 15) is 0 Å². The molecule has 2 saturated heterocycles. The first kappa shape index (κ1) is 21.2. The van der Waals surface area contributed by atoms with Gasteiger partial charge in [0.05, 0.1) is 6.54 Å². The zero-order valence-electron chi connectivity index (χ0n) is 17.4. The lowest BCUT2D eigenvalue weighted by atomic mass is 10.1. The molecule has 1 atom stereocenters. The SMILES string of the molecule is CCNC(=NCC1(C)CCCS1)NCCCN1CCN(c2ncccn2)CC1. The van der Waals surface area contributed by atoms with Crippen LogP contribution in [-0.2, 0) is 0 Å². The fourth-order valence-electron chi connectivity index (χ4n) is 3.69. The molecule has 8 heteroatoms. The summed E-state index contributed by atoms with van der Waals surface area (Å²) in [5.74, 6) is 3.09. The van der Waals surface area contributed by atoms with E-state index in [0.717, 1.165) is 70.7 Å². The van der Waals surface area contributed by atoms with Gasteiger partial charge in [0.25, 0.3) is 0 Å². The summed E-state index contributed by atoms with van der Waals surface area (Å²) in [5.41, 5.74) is 0. The number of hydrogen-bond donors (Lipinski definition) is 2. The first-order valence-electron chi connectivity index (χ1n) is 10.6. The lowest BCUT2D eigenvalue weighted by molar-refractivity contribution is 0.254. The van der Waals surface area contributed by atoms with Crippen LogP contribution < -0.4 is 15.5 Å². The third-order valence-corrected chi connectivity index (χ3v) is 6.89. The minimum Gasteiger partial charge on any atom is -0.357 e. The Hall–Kier alpha value is -1.54. The maximum absolute atomic E-state index is 4.83. The normalized spacial score (nSPS) is 23.8. The van der Waals surface area contributed by atoms with Crippen LogP contribution in [0, 0.1) is 0 Å². The van der Waals surface area contributed by atoms with Gasteiger partial charge in [0.15, 0.2) is 5.96 Å². The first-order valence-corrected chi connectivity index (χ1v) is 11.6. The minimum atomic E-state index is 0.324. The highest BCUT2D eigenvalue weighted by atomic mass is 32.2. The third kappa shape index (κ3) is 6.51. The monoisotopic (exact) mass is 405 g/mol. The molecule has 2 N–H and O–H groups in total. The molecule has 3 rings (SSSR count). The van der Waals surface area contributed by atoms with Crippen molar-refractivity contribution in [2.45, 2.75) is 37.9 Å². The Morgan fingerprint density at radius 3 is 2.68 bits per heavy atom. The lowest BCUT2D eigenvalue weighted by Crippen LogP contribution is -2.47. The molecule has 1 aromatic rings. The maximum Gasteiger partial charge on any atom is 0.225 e. The van der Waals surface area contributed by atoms with Gasteiger partial charge >= 0.3 is 0 Å². The number of nitrogens with zero attached hydrogens (tertiary/aromatic N) is 5. The molecule has 1 unspecified atom stereocenters. The van der Waals surface area contributed by atoms with Gasteiger partial charge in [0, 0.05) is 56.4 Å². The van der Waals surface area contributed by atoms with Crippen molar-refractivity contribution in [1.82, 2.24) is 25.5 Å². The molecular weight excluding hydrogens is 370 g/mol. The second-order valence-corrected chi connectivity index (χ2v) is 9.44. The highest BCUT2D eigenvalue weighted by Gasteiger charge is 2.29. The van der Waals surface area contributed by atoms with Crippen molar-refractivity contribution in [2.75, 3.05) is 63.0 Å². The quantitative estimate of drug-likeness (QED) is 0.388. The zero-order valence-corrected chi connectivity index (χ0v) is 18.2. The standard InChI is InChI=1S/C20H35N7S/c1-3-21-18(25-17-20(2)7-4-16-28-20)22-10-6-11-26-12-14-27(15-13-26)19-23-8-5-9-24-19/h5,8-9H,3-4,6-7,10-17H2,1-2H3,(H2,21,22,25). The summed E-state index contributed by atoms with van der Waals surface area (Å²) in [6, 6.07) is 1.87. The van der Waals surface area contributed by atoms with Crippen LogP contribution in [0.3, 0.4) is 0 Å². The molecule has 0 saturated carbocycles. The molecule has 0 bridgehead atoms. The van der Waals surface area contributed by atoms with E-state index in [1.54, 1.807) is 0 Å². The second kappa shape index (κ2) is 10.9. The Morgan fingerprint density at radius 2 is 2.00 bits per heavy atom. The van der Waals surface area contributed by atoms with Crippen molar-refractivity contribution in [3.63, 3.8) is 0 Å². The Kier molecular flexibility index (Phi) is 8.21. The molecule has 2 aliphatic heterocycles. The molecule has 0 aromatic carbocycles. The molecule has 2 aliphatic rings. The van der Waals surface area contributed by atoms with Crippen molar-refractivity contribution >= 4 is 23.7 Å². The van der Waals surface area contributed by atoms with Crippen LogP contribution in [0.4, 0.5) is 5.95 Å². The molecule has 0 radical (unpaired) electrons. The van der Waals surface area contributed by atoms with E-state index in [1.807, 2.05) is 18.5 Å². The van der Waals surface area contributed by atoms with E-state index in [0.29, 0.717) is 4.75 Å². The van der Waals surface area contributed by atoms with Gasteiger partial charge in [0.2, 0.25) is 5.95 Å². The topological polar surface area (TPSA) is 68.7 Å². The minimum absolute atomic E-state index is 0.324. The molecule has 156 valence electrons. The van der Waals surface area contributed by atoms with Crippen LogP contribution >= 0.6 is 11.8 Å². The summed E-state index contributed by atoms with van der Waals surface area (Å²) in [4.78, 5) is 18.3. The van der Waals surface area contributed by atoms with E-state index in [1.165, 1.54) is 18.6 Å². The first-order chi connectivity index (χ1) is 13.7. The largest absolute Gasteiger partial charge is 0.357 e. The summed E-state index contributed by atoms with van der Waals surface area (Å²) in [5, 5.41) is 6.89. The van der Waals surface area contributed by atoms with Crippen LogP contribution in [0.5, 0.6) is 0 Å². The summed E-state index contributed by atoms with van der Waals surface area (Å²) in [6.07, 6.45) is 7.36. The molecule has 0 amide bonds. The smallest absolute Gasteiger partial charge is 0.225 e.